The van der Waals surface area contributed by atoms with Gasteiger partial charge in [0.2, 0.25) is 11.8 Å². The number of hydrogen-bond acceptors (Lipinski definition) is 4. The second-order valence-corrected chi connectivity index (χ2v) is 12.9. The number of benzene rings is 3. The quantitative estimate of drug-likeness (QED) is 0.280. The Labute approximate surface area is 251 Å². The van der Waals surface area contributed by atoms with Gasteiger partial charge in [-0.1, -0.05) is 99.3 Å². The van der Waals surface area contributed by atoms with Gasteiger partial charge in [0.05, 0.1) is 10.6 Å². The number of nitrogens with zero attached hydrogens (tertiary/aromatic N) is 2. The fraction of sp³-hybridized carbons (Fsp3) is 0.412. The molecule has 1 aliphatic carbocycles. The Hall–Kier alpha value is -3.65. The Morgan fingerprint density at radius 2 is 1.60 bits per heavy atom. The first kappa shape index (κ1) is 31.3. The van der Waals surface area contributed by atoms with Crippen molar-refractivity contribution in [1.82, 2.24) is 10.2 Å². The molecule has 3 aromatic carbocycles. The second-order valence-electron chi connectivity index (χ2n) is 11.1. The molecule has 2 amide bonds. The van der Waals surface area contributed by atoms with Gasteiger partial charge in [-0.2, -0.15) is 0 Å². The number of aryl methyl sites for hydroxylation is 2. The number of amides is 2. The van der Waals surface area contributed by atoms with Crippen LogP contribution in [0.5, 0.6) is 0 Å². The highest BCUT2D eigenvalue weighted by molar-refractivity contribution is 7.92. The Bertz CT molecular complexity index is 1450. The predicted molar refractivity (Wildman–Crippen MR) is 168 cm³/mol. The maximum Gasteiger partial charge on any atom is 0.264 e. The number of sulfonamides is 1. The zero-order chi connectivity index (χ0) is 30.1. The van der Waals surface area contributed by atoms with Gasteiger partial charge in [-0.25, -0.2) is 8.42 Å². The van der Waals surface area contributed by atoms with E-state index in [9.17, 15) is 18.0 Å². The molecule has 0 unspecified atom stereocenters. The average molecular weight is 590 g/mol. The first-order valence-corrected chi connectivity index (χ1v) is 16.5. The molecule has 0 spiro atoms. The van der Waals surface area contributed by atoms with Gasteiger partial charge >= 0.3 is 0 Å². The highest BCUT2D eigenvalue weighted by Crippen LogP contribution is 2.28. The van der Waals surface area contributed by atoms with E-state index in [4.69, 9.17) is 0 Å². The number of nitrogens with one attached hydrogen (secondary N) is 1. The molecule has 1 aliphatic rings. The van der Waals surface area contributed by atoms with Gasteiger partial charge in [-0.3, -0.25) is 13.9 Å². The Morgan fingerprint density at radius 1 is 0.905 bits per heavy atom. The minimum atomic E-state index is -4.08. The van der Waals surface area contributed by atoms with Gasteiger partial charge < -0.3 is 10.2 Å². The van der Waals surface area contributed by atoms with Crippen LogP contribution < -0.4 is 9.62 Å². The van der Waals surface area contributed by atoms with Crippen LogP contribution in [-0.4, -0.2) is 43.8 Å². The van der Waals surface area contributed by atoms with Crippen molar-refractivity contribution in [3.63, 3.8) is 0 Å². The van der Waals surface area contributed by atoms with E-state index >= 15 is 0 Å². The molecule has 0 aromatic heterocycles. The molecule has 1 fully saturated rings. The summed E-state index contributed by atoms with van der Waals surface area (Å²) in [5, 5.41) is 3.20. The number of carbonyl (C=O) groups is 2. The van der Waals surface area contributed by atoms with Crippen LogP contribution in [0.3, 0.4) is 0 Å². The number of rotatable bonds is 12. The van der Waals surface area contributed by atoms with Crippen LogP contribution in [0, 0.1) is 6.92 Å². The first-order chi connectivity index (χ1) is 20.2. The van der Waals surface area contributed by atoms with E-state index in [1.54, 1.807) is 47.4 Å². The summed E-state index contributed by atoms with van der Waals surface area (Å²) in [6.07, 6.45) is 6.21. The number of anilines is 1. The van der Waals surface area contributed by atoms with Crippen LogP contribution >= 0.6 is 0 Å². The molecule has 3 aromatic rings. The van der Waals surface area contributed by atoms with Crippen molar-refractivity contribution in [1.29, 1.82) is 0 Å². The lowest BCUT2D eigenvalue weighted by Gasteiger charge is -2.35. The van der Waals surface area contributed by atoms with Crippen LogP contribution in [-0.2, 0) is 32.6 Å². The van der Waals surface area contributed by atoms with Gasteiger partial charge in [-0.05, 0) is 61.9 Å². The fourth-order valence-electron chi connectivity index (χ4n) is 5.76. The largest absolute Gasteiger partial charge is 0.352 e. The molecular formula is C34H43N3O4S. The molecule has 0 saturated heterocycles. The Morgan fingerprint density at radius 3 is 2.26 bits per heavy atom. The van der Waals surface area contributed by atoms with Crippen molar-refractivity contribution < 1.29 is 18.0 Å². The van der Waals surface area contributed by atoms with Gasteiger partial charge in [-0.15, -0.1) is 0 Å². The van der Waals surface area contributed by atoms with E-state index in [-0.39, 0.29) is 23.4 Å². The molecule has 0 radical (unpaired) electrons. The molecular weight excluding hydrogens is 546 g/mol. The lowest BCUT2D eigenvalue weighted by atomic mass is 9.95. The summed E-state index contributed by atoms with van der Waals surface area (Å²) in [7, 11) is -4.08. The second kappa shape index (κ2) is 14.5. The molecule has 1 N–H and O–H groups in total. The highest BCUT2D eigenvalue weighted by Gasteiger charge is 2.35. The third kappa shape index (κ3) is 7.59. The molecule has 0 bridgehead atoms. The van der Waals surface area contributed by atoms with Crippen LogP contribution in [0.15, 0.2) is 83.8 Å². The van der Waals surface area contributed by atoms with Crippen molar-refractivity contribution in [3.05, 3.63) is 95.6 Å². The van der Waals surface area contributed by atoms with Crippen molar-refractivity contribution in [2.75, 3.05) is 10.8 Å². The maximum absolute atomic E-state index is 14.3. The first-order valence-electron chi connectivity index (χ1n) is 15.1. The predicted octanol–water partition coefficient (Wildman–Crippen LogP) is 6.01. The lowest BCUT2D eigenvalue weighted by Crippen LogP contribution is -2.54. The van der Waals surface area contributed by atoms with Crippen LogP contribution in [0.2, 0.25) is 0 Å². The summed E-state index contributed by atoms with van der Waals surface area (Å²) in [5.74, 6) is -0.607. The van der Waals surface area contributed by atoms with E-state index in [2.05, 4.69) is 5.32 Å². The van der Waals surface area contributed by atoms with Gasteiger partial charge in [0.25, 0.3) is 10.0 Å². The Kier molecular flexibility index (Phi) is 10.8. The van der Waals surface area contributed by atoms with Crippen molar-refractivity contribution in [3.8, 4) is 0 Å². The minimum absolute atomic E-state index is 0.0996. The summed E-state index contributed by atoms with van der Waals surface area (Å²) < 4.78 is 29.4. The molecule has 0 heterocycles. The van der Waals surface area contributed by atoms with Gasteiger partial charge in [0, 0.05) is 12.6 Å². The van der Waals surface area contributed by atoms with E-state index < -0.39 is 28.5 Å². The number of hydrogen-bond donors (Lipinski definition) is 1. The summed E-state index contributed by atoms with van der Waals surface area (Å²) >= 11 is 0. The van der Waals surface area contributed by atoms with E-state index in [1.165, 1.54) is 10.7 Å². The summed E-state index contributed by atoms with van der Waals surface area (Å²) in [6.45, 7) is 5.62. The van der Waals surface area contributed by atoms with E-state index in [1.807, 2.05) is 57.2 Å². The molecule has 1 atom stereocenters. The maximum atomic E-state index is 14.3. The molecule has 4 rings (SSSR count). The molecule has 224 valence electrons. The zero-order valence-electron chi connectivity index (χ0n) is 25.0. The normalized spacial score (nSPS) is 14.6. The summed E-state index contributed by atoms with van der Waals surface area (Å²) in [6, 6.07) is 22.7. The minimum Gasteiger partial charge on any atom is -0.352 e. The van der Waals surface area contributed by atoms with E-state index in [0.717, 1.165) is 42.4 Å². The Balaban J connectivity index is 1.72. The SMILES string of the molecule is CCc1ccccc1N(CC(=O)N(Cc1cccc(C)c1)[C@H](CC)C(=O)NC1CCCCC1)S(=O)(=O)c1ccccc1. The van der Waals surface area contributed by atoms with Crippen LogP contribution in [0.1, 0.15) is 69.1 Å². The molecule has 1 saturated carbocycles. The molecule has 8 heteroatoms. The van der Waals surface area contributed by atoms with Crippen LogP contribution in [0.25, 0.3) is 0 Å². The van der Waals surface area contributed by atoms with Gasteiger partial charge in [0.1, 0.15) is 12.6 Å². The topological polar surface area (TPSA) is 86.8 Å². The summed E-state index contributed by atoms with van der Waals surface area (Å²) in [5.41, 5.74) is 3.22. The third-order valence-corrected chi connectivity index (χ3v) is 9.80. The van der Waals surface area contributed by atoms with Crippen molar-refractivity contribution >= 4 is 27.5 Å². The van der Waals surface area contributed by atoms with Crippen LogP contribution in [0.4, 0.5) is 5.69 Å². The standard InChI is InChI=1S/C34H43N3O4S/c1-4-28-17-12-13-22-32(28)37(42(40,41)30-20-10-7-11-21-30)25-33(38)36(24-27-16-14-15-26(3)23-27)31(5-2)34(39)35-29-18-8-6-9-19-29/h7,10-17,20-23,29,31H,4-6,8-9,18-19,24-25H2,1-3H3,(H,35,39)/t31-/m1/s1. The molecule has 7 nitrogen and oxygen atoms in total. The monoisotopic (exact) mass is 589 g/mol. The molecule has 0 aliphatic heterocycles. The number of para-hydroxylation sites is 1. The number of carbonyl (C=O) groups excluding carboxylic acids is 2. The van der Waals surface area contributed by atoms with Crippen molar-refractivity contribution in [2.24, 2.45) is 0 Å². The lowest BCUT2D eigenvalue weighted by molar-refractivity contribution is -0.140. The molecule has 42 heavy (non-hydrogen) atoms. The van der Waals surface area contributed by atoms with E-state index in [0.29, 0.717) is 18.5 Å². The zero-order valence-corrected chi connectivity index (χ0v) is 25.8. The van der Waals surface area contributed by atoms with Gasteiger partial charge in [0.15, 0.2) is 0 Å². The smallest absolute Gasteiger partial charge is 0.264 e. The summed E-state index contributed by atoms with van der Waals surface area (Å²) in [4.78, 5) is 29.7. The average Bonchev–Trinajstić information content (AvgIpc) is 3.00. The third-order valence-electron chi connectivity index (χ3n) is 8.02. The fourth-order valence-corrected chi connectivity index (χ4v) is 7.23. The highest BCUT2D eigenvalue weighted by atomic mass is 32.2. The van der Waals surface area contributed by atoms with Crippen molar-refractivity contribution in [2.45, 2.75) is 89.2 Å².